The summed E-state index contributed by atoms with van der Waals surface area (Å²) >= 11 is 1.74. The summed E-state index contributed by atoms with van der Waals surface area (Å²) in [5.74, 6) is 1.10. The van der Waals surface area contributed by atoms with Gasteiger partial charge in [-0.3, -0.25) is 4.90 Å². The van der Waals surface area contributed by atoms with Crippen LogP contribution in [0.4, 0.5) is 13.2 Å². The maximum absolute atomic E-state index is 12.4. The van der Waals surface area contributed by atoms with Crippen molar-refractivity contribution < 1.29 is 13.2 Å². The smallest absolute Gasteiger partial charge is 0.295 e. The van der Waals surface area contributed by atoms with Crippen LogP contribution in [0.1, 0.15) is 18.4 Å². The summed E-state index contributed by atoms with van der Waals surface area (Å²) in [6.07, 6.45) is -4.11. The minimum absolute atomic E-state index is 0.216. The van der Waals surface area contributed by atoms with E-state index in [1.54, 1.807) is 18.7 Å². The molecule has 2 rings (SSSR count). The van der Waals surface area contributed by atoms with Crippen LogP contribution in [0.3, 0.4) is 0 Å². The average molecular weight is 275 g/mol. The minimum atomic E-state index is -4.11. The molecule has 1 aliphatic heterocycles. The maximum atomic E-state index is 12.4. The van der Waals surface area contributed by atoms with E-state index in [0.29, 0.717) is 13.1 Å². The Morgan fingerprint density at radius 2 is 2.06 bits per heavy atom. The van der Waals surface area contributed by atoms with Gasteiger partial charge in [-0.15, -0.1) is 11.8 Å². The lowest BCUT2D eigenvalue weighted by molar-refractivity contribution is -0.145. The highest BCUT2D eigenvalue weighted by Crippen LogP contribution is 2.39. The number of benzene rings is 1. The van der Waals surface area contributed by atoms with Gasteiger partial charge in [-0.25, -0.2) is 0 Å². The summed E-state index contributed by atoms with van der Waals surface area (Å²) in [6, 6.07) is 8.00. The molecule has 1 aromatic rings. The van der Waals surface area contributed by atoms with Gasteiger partial charge in [0.05, 0.1) is 6.54 Å². The lowest BCUT2D eigenvalue weighted by atomic mass is 10.0. The fourth-order valence-corrected chi connectivity index (χ4v) is 3.49. The third-order valence-corrected chi connectivity index (χ3v) is 4.38. The van der Waals surface area contributed by atoms with Gasteiger partial charge in [0, 0.05) is 23.1 Å². The summed E-state index contributed by atoms with van der Waals surface area (Å²) in [6.45, 7) is 1.88. The lowest BCUT2D eigenvalue weighted by Gasteiger charge is -2.25. The van der Waals surface area contributed by atoms with E-state index in [9.17, 15) is 13.2 Å². The van der Waals surface area contributed by atoms with Crippen LogP contribution >= 0.6 is 11.8 Å². The normalized spacial score (nSPS) is 19.3. The van der Waals surface area contributed by atoms with Gasteiger partial charge in [0.15, 0.2) is 0 Å². The van der Waals surface area contributed by atoms with Crippen LogP contribution in [0.15, 0.2) is 29.2 Å². The molecule has 0 spiro atoms. The molecular weight excluding hydrogens is 259 g/mol. The van der Waals surface area contributed by atoms with Crippen LogP contribution in [-0.2, 0) is 0 Å². The standard InChI is InChI=1S/C13H16F3NS/c1-2-17(9-13(14,15)16)7-10-8-18-12-6-4-3-5-11(10)12/h3-6,10H,2,7-9H2,1H3. The summed E-state index contributed by atoms with van der Waals surface area (Å²) in [5, 5.41) is 0. The Morgan fingerprint density at radius 1 is 1.33 bits per heavy atom. The molecule has 1 unspecified atom stereocenters. The van der Waals surface area contributed by atoms with Gasteiger partial charge in [-0.1, -0.05) is 25.1 Å². The Morgan fingerprint density at radius 3 is 2.72 bits per heavy atom. The molecule has 100 valence electrons. The topological polar surface area (TPSA) is 3.24 Å². The lowest BCUT2D eigenvalue weighted by Crippen LogP contribution is -2.37. The van der Waals surface area contributed by atoms with E-state index in [1.165, 1.54) is 15.4 Å². The van der Waals surface area contributed by atoms with E-state index in [1.807, 2.05) is 24.3 Å². The number of likely N-dealkylation sites (N-methyl/N-ethyl adjacent to an activating group) is 1. The molecule has 5 heteroatoms. The number of nitrogens with zero attached hydrogens (tertiary/aromatic N) is 1. The highest BCUT2D eigenvalue weighted by molar-refractivity contribution is 7.99. The second kappa shape index (κ2) is 5.53. The molecule has 0 saturated heterocycles. The summed E-state index contributed by atoms with van der Waals surface area (Å²) < 4.78 is 37.2. The zero-order valence-corrected chi connectivity index (χ0v) is 11.0. The van der Waals surface area contributed by atoms with Crippen molar-refractivity contribution >= 4 is 11.8 Å². The number of hydrogen-bond donors (Lipinski definition) is 0. The maximum Gasteiger partial charge on any atom is 0.401 e. The summed E-state index contributed by atoms with van der Waals surface area (Å²) in [7, 11) is 0. The van der Waals surface area contributed by atoms with Crippen LogP contribution < -0.4 is 0 Å². The molecule has 0 N–H and O–H groups in total. The molecule has 0 bridgehead atoms. The number of fused-ring (bicyclic) bond motifs is 1. The van der Waals surface area contributed by atoms with Gasteiger partial charge < -0.3 is 0 Å². The quantitative estimate of drug-likeness (QED) is 0.823. The molecule has 0 saturated carbocycles. The van der Waals surface area contributed by atoms with Crippen molar-refractivity contribution in [2.45, 2.75) is 23.9 Å². The zero-order chi connectivity index (χ0) is 13.2. The number of alkyl halides is 3. The Labute approximate surface area is 109 Å². The Hall–Kier alpha value is -0.680. The molecular formula is C13H16F3NS. The second-order valence-electron chi connectivity index (χ2n) is 4.49. The third kappa shape index (κ3) is 3.42. The van der Waals surface area contributed by atoms with Gasteiger partial charge >= 0.3 is 6.18 Å². The molecule has 0 aromatic heterocycles. The number of halogens is 3. The number of hydrogen-bond acceptors (Lipinski definition) is 2. The van der Waals surface area contributed by atoms with Crippen LogP contribution in [0, 0.1) is 0 Å². The van der Waals surface area contributed by atoms with Gasteiger partial charge in [-0.05, 0) is 18.2 Å². The Balaban J connectivity index is 2.02. The van der Waals surface area contributed by atoms with Gasteiger partial charge in [0.25, 0.3) is 0 Å². The summed E-state index contributed by atoms with van der Waals surface area (Å²) in [5.41, 5.74) is 1.20. The molecule has 1 aliphatic rings. The highest BCUT2D eigenvalue weighted by Gasteiger charge is 2.32. The minimum Gasteiger partial charge on any atom is -0.295 e. The SMILES string of the molecule is CCN(CC1CSc2ccccc21)CC(F)(F)F. The monoisotopic (exact) mass is 275 g/mol. The number of rotatable bonds is 4. The van der Waals surface area contributed by atoms with Crippen LogP contribution in [0.25, 0.3) is 0 Å². The number of thioether (sulfide) groups is 1. The first-order valence-electron chi connectivity index (χ1n) is 6.00. The molecule has 1 aromatic carbocycles. The zero-order valence-electron chi connectivity index (χ0n) is 10.2. The largest absolute Gasteiger partial charge is 0.401 e. The summed E-state index contributed by atoms with van der Waals surface area (Å²) in [4.78, 5) is 2.69. The molecule has 1 nitrogen and oxygen atoms in total. The van der Waals surface area contributed by atoms with Crippen molar-refractivity contribution in [2.24, 2.45) is 0 Å². The van der Waals surface area contributed by atoms with Gasteiger partial charge in [0.1, 0.15) is 0 Å². The van der Waals surface area contributed by atoms with E-state index in [2.05, 4.69) is 0 Å². The van der Waals surface area contributed by atoms with Crippen molar-refractivity contribution in [3.8, 4) is 0 Å². The predicted molar refractivity (Wildman–Crippen MR) is 68.1 cm³/mol. The van der Waals surface area contributed by atoms with Crippen molar-refractivity contribution in [2.75, 3.05) is 25.4 Å². The van der Waals surface area contributed by atoms with Crippen LogP contribution in [-0.4, -0.2) is 36.5 Å². The van der Waals surface area contributed by atoms with E-state index in [0.717, 1.165) is 5.75 Å². The van der Waals surface area contributed by atoms with E-state index in [4.69, 9.17) is 0 Å². The molecule has 0 amide bonds. The molecule has 1 heterocycles. The van der Waals surface area contributed by atoms with Gasteiger partial charge in [-0.2, -0.15) is 13.2 Å². The average Bonchev–Trinajstić information content (AvgIpc) is 2.70. The fourth-order valence-electron chi connectivity index (χ4n) is 2.25. The van der Waals surface area contributed by atoms with Crippen LogP contribution in [0.2, 0.25) is 0 Å². The Kier molecular flexibility index (Phi) is 4.22. The van der Waals surface area contributed by atoms with E-state index in [-0.39, 0.29) is 5.92 Å². The highest BCUT2D eigenvalue weighted by atomic mass is 32.2. The Bertz CT molecular complexity index is 405. The molecule has 18 heavy (non-hydrogen) atoms. The third-order valence-electron chi connectivity index (χ3n) is 3.13. The molecule has 0 radical (unpaired) electrons. The molecule has 0 fully saturated rings. The van der Waals surface area contributed by atoms with Gasteiger partial charge in [0.2, 0.25) is 0 Å². The van der Waals surface area contributed by atoms with Crippen molar-refractivity contribution in [3.05, 3.63) is 29.8 Å². The van der Waals surface area contributed by atoms with Crippen molar-refractivity contribution in [1.29, 1.82) is 0 Å². The first-order valence-corrected chi connectivity index (χ1v) is 6.99. The predicted octanol–water partition coefficient (Wildman–Crippen LogP) is 3.76. The first-order chi connectivity index (χ1) is 8.49. The van der Waals surface area contributed by atoms with E-state index >= 15 is 0 Å². The molecule has 1 atom stereocenters. The van der Waals surface area contributed by atoms with Crippen molar-refractivity contribution in [3.63, 3.8) is 0 Å². The van der Waals surface area contributed by atoms with E-state index < -0.39 is 12.7 Å². The van der Waals surface area contributed by atoms with Crippen LogP contribution in [0.5, 0.6) is 0 Å². The second-order valence-corrected chi connectivity index (χ2v) is 5.55. The van der Waals surface area contributed by atoms with Crippen molar-refractivity contribution in [1.82, 2.24) is 4.90 Å². The first kappa shape index (κ1) is 13.7. The molecule has 0 aliphatic carbocycles. The fraction of sp³-hybridized carbons (Fsp3) is 0.538.